The van der Waals surface area contributed by atoms with Crippen LogP contribution in [0.2, 0.25) is 0 Å². The van der Waals surface area contributed by atoms with Crippen LogP contribution in [-0.4, -0.2) is 16.0 Å². The summed E-state index contributed by atoms with van der Waals surface area (Å²) in [6.07, 6.45) is 0.0885. The lowest BCUT2D eigenvalue weighted by atomic mass is 10.1. The second-order valence-electron chi connectivity index (χ2n) is 6.70. The standard InChI is InChI=1S/C21H17BrFN3O2/c1-12-7-8-14(9-17(12)23)11-26-18-6-4-3-5-15(18)20(22)16(10-19(26)27)21-24-13(2)25-28-21/h3-9H,10-11H2,1-2H3. The summed E-state index contributed by atoms with van der Waals surface area (Å²) in [6.45, 7) is 3.71. The Balaban J connectivity index is 1.78. The summed E-state index contributed by atoms with van der Waals surface area (Å²) in [6, 6.07) is 12.6. The van der Waals surface area contributed by atoms with Gasteiger partial charge in [0, 0.05) is 15.6 Å². The van der Waals surface area contributed by atoms with Crippen LogP contribution >= 0.6 is 15.9 Å². The Hall–Kier alpha value is -2.80. The topological polar surface area (TPSA) is 59.2 Å². The molecular formula is C21H17BrFN3O2. The molecule has 142 valence electrons. The van der Waals surface area contributed by atoms with Crippen molar-refractivity contribution in [2.45, 2.75) is 26.8 Å². The van der Waals surface area contributed by atoms with Gasteiger partial charge in [-0.3, -0.25) is 4.79 Å². The van der Waals surface area contributed by atoms with E-state index in [2.05, 4.69) is 26.1 Å². The fraction of sp³-hybridized carbons (Fsp3) is 0.190. The van der Waals surface area contributed by atoms with E-state index in [0.717, 1.165) is 21.3 Å². The minimum atomic E-state index is -0.283. The molecule has 2 heterocycles. The first kappa shape index (κ1) is 18.6. The predicted octanol–water partition coefficient (Wildman–Crippen LogP) is 5.03. The van der Waals surface area contributed by atoms with E-state index in [0.29, 0.717) is 22.9 Å². The highest BCUT2D eigenvalue weighted by Crippen LogP contribution is 2.41. The molecule has 0 spiro atoms. The van der Waals surface area contributed by atoms with Crippen molar-refractivity contribution in [1.82, 2.24) is 10.1 Å². The van der Waals surface area contributed by atoms with Crippen molar-refractivity contribution in [3.63, 3.8) is 0 Å². The van der Waals surface area contributed by atoms with Crippen molar-refractivity contribution in [3.05, 3.63) is 76.7 Å². The highest BCUT2D eigenvalue weighted by atomic mass is 79.9. The second-order valence-corrected chi connectivity index (χ2v) is 7.49. The lowest BCUT2D eigenvalue weighted by Gasteiger charge is -2.23. The molecular weight excluding hydrogens is 425 g/mol. The van der Waals surface area contributed by atoms with Crippen molar-refractivity contribution in [1.29, 1.82) is 0 Å². The summed E-state index contributed by atoms with van der Waals surface area (Å²) in [4.78, 5) is 19.1. The van der Waals surface area contributed by atoms with Gasteiger partial charge in [-0.15, -0.1) is 0 Å². The quantitative estimate of drug-likeness (QED) is 0.571. The summed E-state index contributed by atoms with van der Waals surface area (Å²) in [5.74, 6) is 0.402. The molecule has 1 aromatic heterocycles. The molecule has 4 rings (SSSR count). The highest BCUT2D eigenvalue weighted by molar-refractivity contribution is 9.15. The normalized spacial score (nSPS) is 14.3. The number of rotatable bonds is 3. The summed E-state index contributed by atoms with van der Waals surface area (Å²) in [5, 5.41) is 3.83. The average Bonchev–Trinajstić information content (AvgIpc) is 3.08. The first-order valence-corrected chi connectivity index (χ1v) is 9.57. The van der Waals surface area contributed by atoms with Crippen molar-refractivity contribution in [2.75, 3.05) is 4.90 Å². The molecule has 0 aliphatic carbocycles. The first-order chi connectivity index (χ1) is 13.4. The van der Waals surface area contributed by atoms with Gasteiger partial charge < -0.3 is 9.42 Å². The fourth-order valence-corrected chi connectivity index (χ4v) is 3.84. The van der Waals surface area contributed by atoms with Gasteiger partial charge in [0.2, 0.25) is 5.91 Å². The van der Waals surface area contributed by atoms with Gasteiger partial charge in [-0.05, 0) is 53.0 Å². The molecule has 0 N–H and O–H groups in total. The van der Waals surface area contributed by atoms with Gasteiger partial charge in [0.15, 0.2) is 5.82 Å². The Morgan fingerprint density at radius 3 is 2.71 bits per heavy atom. The van der Waals surface area contributed by atoms with Crippen LogP contribution < -0.4 is 4.90 Å². The maximum absolute atomic E-state index is 14.0. The van der Waals surface area contributed by atoms with Crippen LogP contribution in [0, 0.1) is 19.7 Å². The number of para-hydroxylation sites is 1. The van der Waals surface area contributed by atoms with Gasteiger partial charge >= 0.3 is 0 Å². The number of benzene rings is 2. The third-order valence-corrected chi connectivity index (χ3v) is 5.59. The van der Waals surface area contributed by atoms with Crippen LogP contribution in [0.3, 0.4) is 0 Å². The summed E-state index contributed by atoms with van der Waals surface area (Å²) >= 11 is 3.62. The Bertz CT molecular complexity index is 1110. The Morgan fingerprint density at radius 2 is 2.00 bits per heavy atom. The molecule has 1 amide bonds. The minimum absolute atomic E-state index is 0.0885. The lowest BCUT2D eigenvalue weighted by molar-refractivity contribution is -0.117. The van der Waals surface area contributed by atoms with Crippen LogP contribution in [0.4, 0.5) is 10.1 Å². The average molecular weight is 442 g/mol. The molecule has 1 aliphatic heterocycles. The van der Waals surface area contributed by atoms with Crippen molar-refractivity contribution < 1.29 is 13.7 Å². The number of carbonyl (C=O) groups is 1. The van der Waals surface area contributed by atoms with E-state index in [-0.39, 0.29) is 24.7 Å². The molecule has 0 saturated heterocycles. The third-order valence-electron chi connectivity index (χ3n) is 4.69. The first-order valence-electron chi connectivity index (χ1n) is 8.78. The number of fused-ring (bicyclic) bond motifs is 1. The number of hydrogen-bond donors (Lipinski definition) is 0. The summed E-state index contributed by atoms with van der Waals surface area (Å²) in [5.41, 5.74) is 3.51. The zero-order valence-electron chi connectivity index (χ0n) is 15.4. The molecule has 0 unspecified atom stereocenters. The van der Waals surface area contributed by atoms with Crippen LogP contribution in [0.25, 0.3) is 10.1 Å². The number of amides is 1. The Kier molecular flexibility index (Phi) is 4.85. The van der Waals surface area contributed by atoms with Gasteiger partial charge in [0.05, 0.1) is 18.7 Å². The number of carbonyl (C=O) groups excluding carboxylic acids is 1. The second kappa shape index (κ2) is 7.31. The van der Waals surface area contributed by atoms with Crippen LogP contribution in [0.1, 0.15) is 34.8 Å². The van der Waals surface area contributed by atoms with Crippen LogP contribution in [0.5, 0.6) is 0 Å². The smallest absolute Gasteiger partial charge is 0.255 e. The molecule has 3 aromatic rings. The molecule has 7 heteroatoms. The molecule has 0 radical (unpaired) electrons. The number of anilines is 1. The summed E-state index contributed by atoms with van der Waals surface area (Å²) < 4.78 is 20.0. The molecule has 0 bridgehead atoms. The molecule has 5 nitrogen and oxygen atoms in total. The fourth-order valence-electron chi connectivity index (χ4n) is 3.20. The van der Waals surface area contributed by atoms with E-state index in [1.165, 1.54) is 6.07 Å². The van der Waals surface area contributed by atoms with Gasteiger partial charge in [0.25, 0.3) is 5.89 Å². The molecule has 0 saturated carbocycles. The van der Waals surface area contributed by atoms with E-state index < -0.39 is 0 Å². The largest absolute Gasteiger partial charge is 0.334 e. The van der Waals surface area contributed by atoms with Crippen molar-refractivity contribution >= 4 is 37.6 Å². The van der Waals surface area contributed by atoms with Gasteiger partial charge in [-0.1, -0.05) is 35.5 Å². The van der Waals surface area contributed by atoms with Crippen LogP contribution in [-0.2, 0) is 11.3 Å². The maximum atomic E-state index is 14.0. The van der Waals surface area contributed by atoms with Crippen LogP contribution in [0.15, 0.2) is 47.0 Å². The molecule has 0 fully saturated rings. The Morgan fingerprint density at radius 1 is 1.21 bits per heavy atom. The van der Waals surface area contributed by atoms with E-state index in [1.54, 1.807) is 24.8 Å². The molecule has 1 aliphatic rings. The van der Waals surface area contributed by atoms with Gasteiger partial charge in [0.1, 0.15) is 5.82 Å². The van der Waals surface area contributed by atoms with Gasteiger partial charge in [-0.25, -0.2) is 4.39 Å². The van der Waals surface area contributed by atoms with E-state index in [9.17, 15) is 9.18 Å². The predicted molar refractivity (Wildman–Crippen MR) is 108 cm³/mol. The Labute approximate surface area is 170 Å². The van der Waals surface area contributed by atoms with E-state index in [4.69, 9.17) is 4.52 Å². The minimum Gasteiger partial charge on any atom is -0.334 e. The van der Waals surface area contributed by atoms with Crippen molar-refractivity contribution in [2.24, 2.45) is 0 Å². The number of nitrogens with zero attached hydrogens (tertiary/aromatic N) is 3. The number of halogens is 2. The van der Waals surface area contributed by atoms with E-state index >= 15 is 0 Å². The number of hydrogen-bond acceptors (Lipinski definition) is 4. The third kappa shape index (κ3) is 3.38. The number of aromatic nitrogens is 2. The van der Waals surface area contributed by atoms with Gasteiger partial charge in [-0.2, -0.15) is 4.98 Å². The SMILES string of the molecule is Cc1noc(C2=C(Br)c3ccccc3N(Cc3ccc(C)c(F)c3)C(=O)C2)n1. The highest BCUT2D eigenvalue weighted by Gasteiger charge is 2.29. The van der Waals surface area contributed by atoms with Crippen molar-refractivity contribution in [3.8, 4) is 0 Å². The maximum Gasteiger partial charge on any atom is 0.255 e. The molecule has 28 heavy (non-hydrogen) atoms. The van der Waals surface area contributed by atoms with E-state index in [1.807, 2.05) is 30.3 Å². The lowest BCUT2D eigenvalue weighted by Crippen LogP contribution is -2.30. The monoisotopic (exact) mass is 441 g/mol. The zero-order valence-corrected chi connectivity index (χ0v) is 17.0. The summed E-state index contributed by atoms with van der Waals surface area (Å²) in [7, 11) is 0. The zero-order chi connectivity index (χ0) is 19.8. The molecule has 2 aromatic carbocycles. The number of aryl methyl sites for hydroxylation is 2. The molecule has 0 atom stereocenters.